The molecule has 3 rings (SSSR count). The van der Waals surface area contributed by atoms with Gasteiger partial charge in [-0.1, -0.05) is 51.5 Å². The first-order chi connectivity index (χ1) is 10.2. The number of aliphatic hydroxyl groups is 2. The summed E-state index contributed by atoms with van der Waals surface area (Å²) in [5, 5.41) is 22.7. The van der Waals surface area contributed by atoms with E-state index in [4.69, 9.17) is 0 Å². The summed E-state index contributed by atoms with van der Waals surface area (Å²) < 4.78 is 0. The minimum Gasteiger partial charge on any atom is -0.392 e. The Balaban J connectivity index is 2.06. The molecule has 0 aromatic carbocycles. The summed E-state index contributed by atoms with van der Waals surface area (Å²) in [6.07, 6.45) is 10.0. The van der Waals surface area contributed by atoms with Gasteiger partial charge >= 0.3 is 0 Å². The second-order valence-electron chi connectivity index (χ2n) is 8.94. The molecule has 22 heavy (non-hydrogen) atoms. The number of fused-ring (bicyclic) bond motifs is 2. The van der Waals surface area contributed by atoms with Crippen molar-refractivity contribution < 1.29 is 10.2 Å². The van der Waals surface area contributed by atoms with Crippen LogP contribution in [0.25, 0.3) is 0 Å². The van der Waals surface area contributed by atoms with E-state index in [2.05, 4.69) is 52.8 Å². The van der Waals surface area contributed by atoms with Gasteiger partial charge in [0, 0.05) is 5.92 Å². The van der Waals surface area contributed by atoms with Crippen LogP contribution in [0.3, 0.4) is 0 Å². The van der Waals surface area contributed by atoms with E-state index in [-0.39, 0.29) is 34.7 Å². The molecule has 2 fully saturated rings. The normalized spacial score (nSPS) is 51.3. The van der Waals surface area contributed by atoms with Crippen LogP contribution in [0.15, 0.2) is 23.8 Å². The molecule has 0 saturated heterocycles. The van der Waals surface area contributed by atoms with Gasteiger partial charge in [-0.05, 0) is 55.3 Å². The molecule has 0 aromatic rings. The predicted molar refractivity (Wildman–Crippen MR) is 90.4 cm³/mol. The first-order valence-corrected chi connectivity index (χ1v) is 8.91. The smallest absolute Gasteiger partial charge is 0.0704 e. The van der Waals surface area contributed by atoms with Gasteiger partial charge in [0.05, 0.1) is 11.7 Å². The summed E-state index contributed by atoms with van der Waals surface area (Å²) in [6, 6.07) is 0. The third kappa shape index (κ3) is 1.99. The molecule has 0 heterocycles. The Bertz CT molecular complexity index is 520. The molecule has 0 radical (unpaired) electrons. The van der Waals surface area contributed by atoms with Crippen molar-refractivity contribution in [1.29, 1.82) is 0 Å². The van der Waals surface area contributed by atoms with Gasteiger partial charge < -0.3 is 10.2 Å². The standard InChI is InChI=1S/C20H32O2/c1-13(2)20(22)12-11-19(5)15(20)8-10-18(4)9-6-7-14(3)16(18)17(19)21/h6-7,9,13,15-17,21-22H,8,10-12H2,1-5H3/t15-,16-,17+,18+,19+,20-/m0/s1. The van der Waals surface area contributed by atoms with Gasteiger partial charge in [-0.25, -0.2) is 0 Å². The van der Waals surface area contributed by atoms with Crippen molar-refractivity contribution in [2.75, 3.05) is 0 Å². The van der Waals surface area contributed by atoms with E-state index < -0.39 is 5.60 Å². The van der Waals surface area contributed by atoms with E-state index in [0.717, 1.165) is 25.7 Å². The lowest BCUT2D eigenvalue weighted by molar-refractivity contribution is -0.0947. The topological polar surface area (TPSA) is 40.5 Å². The quantitative estimate of drug-likeness (QED) is 0.766. The molecule has 2 N–H and O–H groups in total. The maximum absolute atomic E-state index is 11.4. The van der Waals surface area contributed by atoms with Crippen LogP contribution < -0.4 is 0 Å². The maximum atomic E-state index is 11.4. The van der Waals surface area contributed by atoms with Crippen molar-refractivity contribution in [3.05, 3.63) is 23.8 Å². The third-order valence-electron chi connectivity index (χ3n) is 7.46. The van der Waals surface area contributed by atoms with Gasteiger partial charge in [0.1, 0.15) is 0 Å². The maximum Gasteiger partial charge on any atom is 0.0704 e. The minimum atomic E-state index is -0.624. The number of allylic oxidation sites excluding steroid dienone is 3. The molecule has 0 amide bonds. The molecule has 3 aliphatic carbocycles. The fraction of sp³-hybridized carbons (Fsp3) is 0.800. The van der Waals surface area contributed by atoms with Crippen molar-refractivity contribution in [3.8, 4) is 0 Å². The molecule has 6 atom stereocenters. The highest BCUT2D eigenvalue weighted by Gasteiger charge is 2.62. The zero-order valence-electron chi connectivity index (χ0n) is 14.8. The average molecular weight is 304 g/mol. The van der Waals surface area contributed by atoms with E-state index in [9.17, 15) is 10.2 Å². The lowest BCUT2D eigenvalue weighted by Crippen LogP contribution is -2.49. The van der Waals surface area contributed by atoms with Crippen LogP contribution in [0.4, 0.5) is 0 Å². The largest absolute Gasteiger partial charge is 0.392 e. The zero-order valence-corrected chi connectivity index (χ0v) is 14.8. The highest BCUT2D eigenvalue weighted by molar-refractivity contribution is 5.29. The zero-order chi connectivity index (χ0) is 16.3. The van der Waals surface area contributed by atoms with Crippen LogP contribution in [0, 0.1) is 28.6 Å². The Hall–Kier alpha value is -0.600. The number of rotatable bonds is 1. The van der Waals surface area contributed by atoms with Crippen LogP contribution in [-0.2, 0) is 0 Å². The van der Waals surface area contributed by atoms with E-state index in [1.54, 1.807) is 0 Å². The van der Waals surface area contributed by atoms with E-state index >= 15 is 0 Å². The average Bonchev–Trinajstić information content (AvgIpc) is 2.66. The molecular formula is C20H32O2. The second-order valence-corrected chi connectivity index (χ2v) is 8.94. The summed E-state index contributed by atoms with van der Waals surface area (Å²) in [4.78, 5) is 0. The first kappa shape index (κ1) is 16.3. The van der Waals surface area contributed by atoms with Crippen molar-refractivity contribution in [1.82, 2.24) is 0 Å². The Labute approximate surface area is 135 Å². The number of hydrogen-bond acceptors (Lipinski definition) is 2. The van der Waals surface area contributed by atoms with Gasteiger partial charge in [0.15, 0.2) is 0 Å². The van der Waals surface area contributed by atoms with Gasteiger partial charge in [0.25, 0.3) is 0 Å². The molecule has 0 aliphatic heterocycles. The fourth-order valence-electron chi connectivity index (χ4n) is 5.85. The fourth-order valence-corrected chi connectivity index (χ4v) is 5.85. The SMILES string of the molecule is CC1=CC=C[C@]2(C)CC[C@H]3[C@@](C)(CC[C@]3(O)C(C)C)[C@H](O)[C@H]12. The van der Waals surface area contributed by atoms with Crippen molar-refractivity contribution >= 4 is 0 Å². The minimum absolute atomic E-state index is 0.0174. The monoisotopic (exact) mass is 304 g/mol. The summed E-state index contributed by atoms with van der Waals surface area (Å²) in [7, 11) is 0. The van der Waals surface area contributed by atoms with Crippen molar-refractivity contribution in [2.24, 2.45) is 28.6 Å². The lowest BCUT2D eigenvalue weighted by atomic mass is 9.62. The van der Waals surface area contributed by atoms with Crippen LogP contribution in [-0.4, -0.2) is 21.9 Å². The highest BCUT2D eigenvalue weighted by atomic mass is 16.3. The van der Waals surface area contributed by atoms with Crippen LogP contribution in [0.2, 0.25) is 0 Å². The van der Waals surface area contributed by atoms with Crippen LogP contribution in [0.1, 0.15) is 60.3 Å². The molecule has 0 aromatic heterocycles. The summed E-state index contributed by atoms with van der Waals surface area (Å²) in [6.45, 7) is 10.9. The van der Waals surface area contributed by atoms with Gasteiger partial charge in [-0.15, -0.1) is 0 Å². The van der Waals surface area contributed by atoms with E-state index in [1.807, 2.05) is 0 Å². The molecule has 3 aliphatic rings. The van der Waals surface area contributed by atoms with Gasteiger partial charge in [0.2, 0.25) is 0 Å². The molecule has 0 bridgehead atoms. The van der Waals surface area contributed by atoms with E-state index in [1.165, 1.54) is 5.57 Å². The van der Waals surface area contributed by atoms with Crippen LogP contribution in [0.5, 0.6) is 0 Å². The summed E-state index contributed by atoms with van der Waals surface area (Å²) in [5.74, 6) is 0.618. The van der Waals surface area contributed by atoms with Crippen molar-refractivity contribution in [3.63, 3.8) is 0 Å². The Kier molecular flexibility index (Phi) is 3.66. The Morgan fingerprint density at radius 1 is 1.18 bits per heavy atom. The second kappa shape index (κ2) is 4.95. The van der Waals surface area contributed by atoms with Crippen molar-refractivity contribution in [2.45, 2.75) is 72.0 Å². The first-order valence-electron chi connectivity index (χ1n) is 8.91. The van der Waals surface area contributed by atoms with E-state index in [0.29, 0.717) is 0 Å². The lowest BCUT2D eigenvalue weighted by Gasteiger charge is -2.45. The highest BCUT2D eigenvalue weighted by Crippen LogP contribution is 2.62. The van der Waals surface area contributed by atoms with Gasteiger partial charge in [-0.2, -0.15) is 0 Å². The molecule has 2 nitrogen and oxygen atoms in total. The number of aliphatic hydroxyl groups excluding tert-OH is 1. The molecule has 0 unspecified atom stereocenters. The van der Waals surface area contributed by atoms with Gasteiger partial charge in [-0.3, -0.25) is 0 Å². The third-order valence-corrected chi connectivity index (χ3v) is 7.46. The van der Waals surface area contributed by atoms with Crippen LogP contribution >= 0.6 is 0 Å². The Morgan fingerprint density at radius 3 is 2.50 bits per heavy atom. The molecular weight excluding hydrogens is 272 g/mol. The summed E-state index contributed by atoms with van der Waals surface area (Å²) >= 11 is 0. The molecule has 0 spiro atoms. The summed E-state index contributed by atoms with van der Waals surface area (Å²) in [5.41, 5.74) is 0.505. The number of hydrogen-bond donors (Lipinski definition) is 2. The molecule has 2 saturated carbocycles. The Morgan fingerprint density at radius 2 is 1.86 bits per heavy atom. The molecule has 124 valence electrons. The molecule has 2 heteroatoms. The predicted octanol–water partition coefficient (Wildman–Crippen LogP) is 4.08.